The van der Waals surface area contributed by atoms with Crippen molar-refractivity contribution in [2.24, 2.45) is 5.92 Å². The lowest BCUT2D eigenvalue weighted by molar-refractivity contribution is -0.143. The van der Waals surface area contributed by atoms with Crippen LogP contribution in [0.5, 0.6) is 0 Å². The summed E-state index contributed by atoms with van der Waals surface area (Å²) in [5.41, 5.74) is 0.304. The van der Waals surface area contributed by atoms with Gasteiger partial charge in [0.1, 0.15) is 11.9 Å². The number of carboxylic acids is 1. The monoisotopic (exact) mass is 324 g/mol. The average molecular weight is 324 g/mol. The lowest BCUT2D eigenvalue weighted by atomic mass is 9.99. The van der Waals surface area contributed by atoms with Gasteiger partial charge in [0.15, 0.2) is 0 Å². The Kier molecular flexibility index (Phi) is 7.18. The summed E-state index contributed by atoms with van der Waals surface area (Å²) in [5.74, 6) is -2.74. The highest BCUT2D eigenvalue weighted by Crippen LogP contribution is 2.11. The van der Waals surface area contributed by atoms with Gasteiger partial charge < -0.3 is 15.7 Å². The predicted octanol–water partition coefficient (Wildman–Crippen LogP) is 2.16. The highest BCUT2D eigenvalue weighted by molar-refractivity contribution is 5.93. The van der Waals surface area contributed by atoms with E-state index in [2.05, 4.69) is 10.6 Å². The number of anilines is 1. The summed E-state index contributed by atoms with van der Waals surface area (Å²) in [5, 5.41) is 14.0. The van der Waals surface area contributed by atoms with E-state index in [1.807, 2.05) is 6.92 Å². The number of benzene rings is 1. The maximum atomic E-state index is 13.0. The van der Waals surface area contributed by atoms with Gasteiger partial charge in [-0.05, 0) is 24.1 Å². The van der Waals surface area contributed by atoms with Crippen LogP contribution >= 0.6 is 0 Å². The molecule has 6 nitrogen and oxygen atoms in total. The zero-order valence-electron chi connectivity index (χ0n) is 13.1. The fraction of sp³-hybridized carbons (Fsp3) is 0.438. The van der Waals surface area contributed by atoms with Crippen molar-refractivity contribution in [2.45, 2.75) is 39.2 Å². The van der Waals surface area contributed by atoms with Crippen molar-refractivity contribution in [2.75, 3.05) is 5.32 Å². The number of hydrogen-bond acceptors (Lipinski definition) is 3. The standard InChI is InChI=1S/C16H21FN2O4/c1-3-10(2)15(16(22)23)19-14(21)8-7-13(20)18-12-6-4-5-11(17)9-12/h4-6,9-10,15H,3,7-8H2,1-2H3,(H,18,20)(H,19,21)(H,22,23). The van der Waals surface area contributed by atoms with Gasteiger partial charge in [0, 0.05) is 18.5 Å². The second-order valence-corrected chi connectivity index (χ2v) is 5.33. The molecule has 1 aromatic carbocycles. The fourth-order valence-corrected chi connectivity index (χ4v) is 1.95. The minimum Gasteiger partial charge on any atom is -0.480 e. The Morgan fingerprint density at radius 3 is 2.43 bits per heavy atom. The van der Waals surface area contributed by atoms with Crippen LogP contribution in [0.15, 0.2) is 24.3 Å². The van der Waals surface area contributed by atoms with Gasteiger partial charge in [-0.1, -0.05) is 26.3 Å². The molecule has 0 aromatic heterocycles. The van der Waals surface area contributed by atoms with Crippen molar-refractivity contribution < 1.29 is 23.9 Å². The number of rotatable bonds is 8. The van der Waals surface area contributed by atoms with Crippen molar-refractivity contribution in [1.82, 2.24) is 5.32 Å². The molecule has 1 aromatic rings. The number of halogens is 1. The third-order valence-electron chi connectivity index (χ3n) is 3.48. The normalized spacial score (nSPS) is 13.0. The van der Waals surface area contributed by atoms with E-state index in [0.717, 1.165) is 0 Å². The van der Waals surface area contributed by atoms with Crippen molar-refractivity contribution >= 4 is 23.5 Å². The molecule has 23 heavy (non-hydrogen) atoms. The lowest BCUT2D eigenvalue weighted by Crippen LogP contribution is -2.45. The van der Waals surface area contributed by atoms with Crippen molar-refractivity contribution in [1.29, 1.82) is 0 Å². The van der Waals surface area contributed by atoms with Crippen LogP contribution < -0.4 is 10.6 Å². The molecule has 0 saturated carbocycles. The van der Waals surface area contributed by atoms with Crippen molar-refractivity contribution in [3.63, 3.8) is 0 Å². The van der Waals surface area contributed by atoms with E-state index in [-0.39, 0.29) is 18.8 Å². The smallest absolute Gasteiger partial charge is 0.326 e. The zero-order valence-corrected chi connectivity index (χ0v) is 13.1. The van der Waals surface area contributed by atoms with Gasteiger partial charge in [0.05, 0.1) is 0 Å². The average Bonchev–Trinajstić information content (AvgIpc) is 2.49. The molecule has 1 rings (SSSR count). The summed E-state index contributed by atoms with van der Waals surface area (Å²) < 4.78 is 13.0. The number of amides is 2. The molecule has 0 bridgehead atoms. The van der Waals surface area contributed by atoms with Crippen LogP contribution in [0, 0.1) is 11.7 Å². The molecule has 0 heterocycles. The Balaban J connectivity index is 2.45. The van der Waals surface area contributed by atoms with Gasteiger partial charge >= 0.3 is 5.97 Å². The van der Waals surface area contributed by atoms with E-state index < -0.39 is 29.6 Å². The van der Waals surface area contributed by atoms with Gasteiger partial charge in [-0.2, -0.15) is 0 Å². The Morgan fingerprint density at radius 2 is 1.87 bits per heavy atom. The molecule has 7 heteroatoms. The number of carboxylic acid groups (broad SMARTS) is 1. The number of carbonyl (C=O) groups excluding carboxylic acids is 2. The first kappa shape index (κ1) is 18.6. The molecule has 0 aliphatic carbocycles. The number of hydrogen-bond donors (Lipinski definition) is 3. The third-order valence-corrected chi connectivity index (χ3v) is 3.48. The first-order chi connectivity index (χ1) is 10.8. The Labute approximate surface area is 134 Å². The van der Waals surface area contributed by atoms with E-state index in [0.29, 0.717) is 12.1 Å². The van der Waals surface area contributed by atoms with E-state index in [4.69, 9.17) is 5.11 Å². The lowest BCUT2D eigenvalue weighted by Gasteiger charge is -2.20. The minimum absolute atomic E-state index is 0.116. The van der Waals surface area contributed by atoms with E-state index in [1.165, 1.54) is 24.3 Å². The molecule has 0 radical (unpaired) electrons. The maximum absolute atomic E-state index is 13.0. The topological polar surface area (TPSA) is 95.5 Å². The minimum atomic E-state index is -1.10. The maximum Gasteiger partial charge on any atom is 0.326 e. The van der Waals surface area contributed by atoms with Crippen molar-refractivity contribution in [3.05, 3.63) is 30.1 Å². The van der Waals surface area contributed by atoms with Crippen LogP contribution in [0.3, 0.4) is 0 Å². The number of carbonyl (C=O) groups is 3. The van der Waals surface area contributed by atoms with E-state index in [1.54, 1.807) is 6.92 Å². The Bertz CT molecular complexity index is 577. The third kappa shape index (κ3) is 6.46. The SMILES string of the molecule is CCC(C)C(NC(=O)CCC(=O)Nc1cccc(F)c1)C(=O)O. The summed E-state index contributed by atoms with van der Waals surface area (Å²) in [7, 11) is 0. The van der Waals surface area contributed by atoms with Crippen LogP contribution in [0.4, 0.5) is 10.1 Å². The second-order valence-electron chi connectivity index (χ2n) is 5.33. The Morgan fingerprint density at radius 1 is 1.22 bits per heavy atom. The summed E-state index contributed by atoms with van der Waals surface area (Å²) >= 11 is 0. The van der Waals surface area contributed by atoms with Crippen LogP contribution in [-0.4, -0.2) is 28.9 Å². The highest BCUT2D eigenvalue weighted by Gasteiger charge is 2.25. The van der Waals surface area contributed by atoms with Crippen LogP contribution in [0.2, 0.25) is 0 Å². The molecule has 2 amide bonds. The Hall–Kier alpha value is -2.44. The summed E-state index contributed by atoms with van der Waals surface area (Å²) in [6.45, 7) is 3.56. The molecule has 3 N–H and O–H groups in total. The van der Waals surface area contributed by atoms with Gasteiger partial charge in [-0.15, -0.1) is 0 Å². The fourth-order valence-electron chi connectivity index (χ4n) is 1.95. The summed E-state index contributed by atoms with van der Waals surface area (Å²) in [6, 6.07) is 4.44. The number of aliphatic carboxylic acids is 1. The largest absolute Gasteiger partial charge is 0.480 e. The van der Waals surface area contributed by atoms with Gasteiger partial charge in [-0.25, -0.2) is 9.18 Å². The van der Waals surface area contributed by atoms with Crippen LogP contribution in [0.1, 0.15) is 33.1 Å². The van der Waals surface area contributed by atoms with Crippen LogP contribution in [0.25, 0.3) is 0 Å². The van der Waals surface area contributed by atoms with Gasteiger partial charge in [0.2, 0.25) is 11.8 Å². The quantitative estimate of drug-likeness (QED) is 0.683. The zero-order chi connectivity index (χ0) is 17.4. The molecule has 2 unspecified atom stereocenters. The number of nitrogens with one attached hydrogen (secondary N) is 2. The van der Waals surface area contributed by atoms with Gasteiger partial charge in [0.25, 0.3) is 0 Å². The van der Waals surface area contributed by atoms with Crippen LogP contribution in [-0.2, 0) is 14.4 Å². The molecule has 2 atom stereocenters. The first-order valence-electron chi connectivity index (χ1n) is 7.41. The molecule has 0 saturated heterocycles. The molecule has 0 aliphatic heterocycles. The second kappa shape index (κ2) is 8.87. The molecular weight excluding hydrogens is 303 g/mol. The molecule has 126 valence electrons. The molecule has 0 aliphatic rings. The highest BCUT2D eigenvalue weighted by atomic mass is 19.1. The molecule has 0 fully saturated rings. The molecular formula is C16H21FN2O4. The summed E-state index contributed by atoms with van der Waals surface area (Å²) in [4.78, 5) is 34.6. The summed E-state index contributed by atoms with van der Waals surface area (Å²) in [6.07, 6.45) is 0.355. The van der Waals surface area contributed by atoms with E-state index in [9.17, 15) is 18.8 Å². The first-order valence-corrected chi connectivity index (χ1v) is 7.41. The van der Waals surface area contributed by atoms with E-state index >= 15 is 0 Å². The van der Waals surface area contributed by atoms with Gasteiger partial charge in [-0.3, -0.25) is 9.59 Å². The van der Waals surface area contributed by atoms with Crippen molar-refractivity contribution in [3.8, 4) is 0 Å². The predicted molar refractivity (Wildman–Crippen MR) is 83.3 cm³/mol. The molecule has 0 spiro atoms.